The van der Waals surface area contributed by atoms with Gasteiger partial charge in [0, 0.05) is 0 Å². The van der Waals surface area contributed by atoms with Gasteiger partial charge in [0.25, 0.3) is 0 Å². The molecule has 4 nitrogen and oxygen atoms in total. The number of hydrogen-bond donors (Lipinski definition) is 1. The Hall–Kier alpha value is -1.16. The van der Waals surface area contributed by atoms with Gasteiger partial charge in [-0.3, -0.25) is 0 Å². The minimum atomic E-state index is 0.680. The smallest absolute Gasteiger partial charge is 0.191 e. The van der Waals surface area contributed by atoms with Gasteiger partial charge in [-0.1, -0.05) is 27.7 Å². The van der Waals surface area contributed by atoms with Crippen LogP contribution in [0.2, 0.25) is 0 Å². The third kappa shape index (κ3) is 3.47. The minimum absolute atomic E-state index is 0.680. The summed E-state index contributed by atoms with van der Waals surface area (Å²) >= 11 is 0. The highest BCUT2D eigenvalue weighted by molar-refractivity contribution is 5.33. The monoisotopic (exact) mass is 211 g/mol. The van der Waals surface area contributed by atoms with E-state index in [1.165, 1.54) is 0 Å². The molecule has 0 atom stereocenters. The van der Waals surface area contributed by atoms with Gasteiger partial charge in [-0.2, -0.15) is 5.48 Å². The first kappa shape index (κ1) is 13.8. The summed E-state index contributed by atoms with van der Waals surface area (Å²) in [5.74, 6) is 1.59. The molecule has 0 unspecified atom stereocenters. The van der Waals surface area contributed by atoms with Crippen LogP contribution in [0.15, 0.2) is 0 Å². The fourth-order valence-corrected chi connectivity index (χ4v) is 1.20. The number of fused-ring (bicyclic) bond motifs is 1. The first-order valence-electron chi connectivity index (χ1n) is 5.51. The number of hydroxylamine groups is 1. The Morgan fingerprint density at radius 1 is 1.07 bits per heavy atom. The lowest BCUT2D eigenvalue weighted by Crippen LogP contribution is -2.08. The van der Waals surface area contributed by atoms with Gasteiger partial charge in [-0.05, 0) is 13.8 Å². The van der Waals surface area contributed by atoms with Crippen LogP contribution in [-0.2, 0) is 6.54 Å². The predicted octanol–water partition coefficient (Wildman–Crippen LogP) is 2.54. The van der Waals surface area contributed by atoms with E-state index in [1.807, 2.05) is 41.5 Å². The van der Waals surface area contributed by atoms with E-state index in [2.05, 4.69) is 15.4 Å². The molecule has 0 saturated carbocycles. The number of hydrogen-bond acceptors (Lipinski definition) is 4. The van der Waals surface area contributed by atoms with Gasteiger partial charge in [0.15, 0.2) is 5.75 Å². The maximum absolute atomic E-state index is 5.11. The van der Waals surface area contributed by atoms with Gasteiger partial charge in [-0.15, -0.1) is 0 Å². The summed E-state index contributed by atoms with van der Waals surface area (Å²) in [5.41, 5.74) is 4.61. The molecule has 0 amide bonds. The minimum Gasteiger partial charge on any atom is -0.404 e. The zero-order valence-electron chi connectivity index (χ0n) is 10.5. The first-order valence-corrected chi connectivity index (χ1v) is 5.51. The molecule has 0 aromatic carbocycles. The second-order valence-electron chi connectivity index (χ2n) is 2.56. The van der Waals surface area contributed by atoms with Gasteiger partial charge in [0.05, 0.1) is 12.2 Å². The summed E-state index contributed by atoms with van der Waals surface area (Å²) in [6, 6.07) is 0. The van der Waals surface area contributed by atoms with E-state index >= 15 is 0 Å². The number of aryl methyl sites for hydroxylation is 2. The maximum atomic E-state index is 5.11. The van der Waals surface area contributed by atoms with Crippen LogP contribution in [0, 0.1) is 13.8 Å². The second kappa shape index (κ2) is 7.17. The van der Waals surface area contributed by atoms with Crippen molar-refractivity contribution in [2.75, 3.05) is 0 Å². The van der Waals surface area contributed by atoms with Crippen molar-refractivity contribution in [3.8, 4) is 5.75 Å². The lowest BCUT2D eigenvalue weighted by molar-refractivity contribution is 0.222. The van der Waals surface area contributed by atoms with E-state index in [0.29, 0.717) is 6.54 Å². The normalized spacial score (nSPS) is 11.3. The zero-order valence-corrected chi connectivity index (χ0v) is 10.5. The topological polar surface area (TPSA) is 47.0 Å². The van der Waals surface area contributed by atoms with E-state index in [1.54, 1.807) is 0 Å². The first-order chi connectivity index (χ1) is 7.27. The molecule has 1 aromatic heterocycles. The van der Waals surface area contributed by atoms with Crippen molar-refractivity contribution in [3.05, 3.63) is 17.2 Å². The van der Waals surface area contributed by atoms with E-state index in [-0.39, 0.29) is 0 Å². The van der Waals surface area contributed by atoms with Crippen molar-refractivity contribution in [1.29, 1.82) is 0 Å². The number of aromatic nitrogens is 2. The summed E-state index contributed by atoms with van der Waals surface area (Å²) in [5, 5.41) is 0. The standard InChI is InChI=1S/C7H9N3O.2C2H6/c1-4-7-6(3-8-11-7)10-5(2)9-4;2*1-2/h8H,3H2,1-2H3;2*1-2H3. The average molecular weight is 211 g/mol. The Morgan fingerprint density at radius 3 is 2.27 bits per heavy atom. The van der Waals surface area contributed by atoms with Crippen molar-refractivity contribution in [2.24, 2.45) is 0 Å². The van der Waals surface area contributed by atoms with Crippen LogP contribution < -0.4 is 10.3 Å². The highest BCUT2D eigenvalue weighted by atomic mass is 16.7. The second-order valence-corrected chi connectivity index (χ2v) is 2.56. The summed E-state index contributed by atoms with van der Waals surface area (Å²) in [7, 11) is 0. The SMILES string of the molecule is CC.CC.Cc1nc(C)c2c(n1)CNO2. The summed E-state index contributed by atoms with van der Waals surface area (Å²) in [6.45, 7) is 12.5. The van der Waals surface area contributed by atoms with E-state index in [4.69, 9.17) is 4.84 Å². The molecule has 1 aromatic rings. The molecule has 1 aliphatic heterocycles. The molecule has 2 rings (SSSR count). The molecule has 4 heteroatoms. The highest BCUT2D eigenvalue weighted by Crippen LogP contribution is 2.23. The number of rotatable bonds is 0. The van der Waals surface area contributed by atoms with Crippen LogP contribution in [-0.4, -0.2) is 9.97 Å². The summed E-state index contributed by atoms with van der Waals surface area (Å²) in [4.78, 5) is 13.5. The molecule has 0 fully saturated rings. The van der Waals surface area contributed by atoms with Crippen LogP contribution in [0.3, 0.4) is 0 Å². The van der Waals surface area contributed by atoms with Crippen LogP contribution in [0.5, 0.6) is 5.75 Å². The van der Waals surface area contributed by atoms with Crippen LogP contribution in [0.1, 0.15) is 44.9 Å². The zero-order chi connectivity index (χ0) is 11.8. The Morgan fingerprint density at radius 2 is 1.67 bits per heavy atom. The molecule has 0 spiro atoms. The molecule has 1 N–H and O–H groups in total. The lowest BCUT2D eigenvalue weighted by Gasteiger charge is -2.00. The Bertz CT molecular complexity index is 300. The Labute approximate surface area is 92.0 Å². The Balaban J connectivity index is 0.000000442. The molecule has 0 radical (unpaired) electrons. The molecule has 1 aliphatic rings. The van der Waals surface area contributed by atoms with Gasteiger partial charge in [0.2, 0.25) is 0 Å². The van der Waals surface area contributed by atoms with E-state index < -0.39 is 0 Å². The van der Waals surface area contributed by atoms with Crippen molar-refractivity contribution >= 4 is 0 Å². The van der Waals surface area contributed by atoms with Crippen molar-refractivity contribution in [2.45, 2.75) is 48.1 Å². The molecule has 0 bridgehead atoms. The third-order valence-corrected chi connectivity index (χ3v) is 1.63. The van der Waals surface area contributed by atoms with Crippen LogP contribution in [0.4, 0.5) is 0 Å². The largest absolute Gasteiger partial charge is 0.404 e. The molecule has 15 heavy (non-hydrogen) atoms. The van der Waals surface area contributed by atoms with Gasteiger partial charge in [0.1, 0.15) is 11.5 Å². The lowest BCUT2D eigenvalue weighted by atomic mass is 10.3. The fraction of sp³-hybridized carbons (Fsp3) is 0.636. The molecular formula is C11H21N3O. The van der Waals surface area contributed by atoms with Crippen molar-refractivity contribution in [1.82, 2.24) is 15.4 Å². The predicted molar refractivity (Wildman–Crippen MR) is 61.7 cm³/mol. The molecular weight excluding hydrogens is 190 g/mol. The van der Waals surface area contributed by atoms with Crippen LogP contribution >= 0.6 is 0 Å². The summed E-state index contributed by atoms with van der Waals surface area (Å²) in [6.07, 6.45) is 0. The van der Waals surface area contributed by atoms with E-state index in [0.717, 1.165) is 23.0 Å². The fourth-order valence-electron chi connectivity index (χ4n) is 1.20. The average Bonchev–Trinajstić information content (AvgIpc) is 2.72. The highest BCUT2D eigenvalue weighted by Gasteiger charge is 2.17. The summed E-state index contributed by atoms with van der Waals surface area (Å²) < 4.78 is 0. The number of nitrogens with one attached hydrogen (secondary N) is 1. The number of nitrogens with zero attached hydrogens (tertiary/aromatic N) is 2. The maximum Gasteiger partial charge on any atom is 0.191 e. The van der Waals surface area contributed by atoms with Gasteiger partial charge in [-0.25, -0.2) is 9.97 Å². The van der Waals surface area contributed by atoms with Gasteiger partial charge < -0.3 is 4.84 Å². The molecule has 86 valence electrons. The molecule has 0 aliphatic carbocycles. The van der Waals surface area contributed by atoms with E-state index in [9.17, 15) is 0 Å². The molecule has 2 heterocycles. The quantitative estimate of drug-likeness (QED) is 0.716. The van der Waals surface area contributed by atoms with Gasteiger partial charge >= 0.3 is 0 Å². The van der Waals surface area contributed by atoms with Crippen molar-refractivity contribution < 1.29 is 4.84 Å². The molecule has 0 saturated heterocycles. The Kier molecular flexibility index (Phi) is 6.62. The third-order valence-electron chi connectivity index (χ3n) is 1.63. The van der Waals surface area contributed by atoms with Crippen LogP contribution in [0.25, 0.3) is 0 Å². The van der Waals surface area contributed by atoms with Crippen molar-refractivity contribution in [3.63, 3.8) is 0 Å².